The third-order valence-corrected chi connectivity index (χ3v) is 5.36. The van der Waals surface area contributed by atoms with Crippen molar-refractivity contribution >= 4 is 0 Å². The maximum absolute atomic E-state index is 12.3. The highest BCUT2D eigenvalue weighted by Gasteiger charge is 2.20. The summed E-state index contributed by atoms with van der Waals surface area (Å²) in [5.41, 5.74) is 0. The van der Waals surface area contributed by atoms with E-state index in [0.29, 0.717) is 26.3 Å². The van der Waals surface area contributed by atoms with Crippen molar-refractivity contribution in [2.24, 2.45) is 0 Å². The summed E-state index contributed by atoms with van der Waals surface area (Å²) in [4.78, 5) is 0. The van der Waals surface area contributed by atoms with Crippen molar-refractivity contribution in [1.82, 2.24) is 0 Å². The van der Waals surface area contributed by atoms with Crippen LogP contribution in [-0.2, 0) is 4.74 Å². The molecule has 0 aromatic heterocycles. The van der Waals surface area contributed by atoms with Crippen LogP contribution in [0.15, 0.2) is 12.2 Å². The molecule has 0 atom stereocenters. The monoisotopic (exact) mass is 353 g/mol. The standard InChI is InChI=1S/C22H43NO2/c1-2-3-4-5-6-7-8-9-10-11-12-13-14-15-16-17-18-23(24)19-21-25-22-20-23/h9-10H,2-8,11-22H2,1H3/b10-9-. The van der Waals surface area contributed by atoms with E-state index in [4.69, 9.17) is 4.74 Å². The smallest absolute Gasteiger partial charge is 0.102 e. The maximum atomic E-state index is 12.3. The van der Waals surface area contributed by atoms with Crippen molar-refractivity contribution in [3.63, 3.8) is 0 Å². The number of allylic oxidation sites excluding steroid dienone is 2. The van der Waals surface area contributed by atoms with Gasteiger partial charge >= 0.3 is 0 Å². The van der Waals surface area contributed by atoms with Gasteiger partial charge < -0.3 is 14.6 Å². The molecule has 0 N–H and O–H groups in total. The Labute approximate surface area is 157 Å². The second kappa shape index (κ2) is 15.8. The van der Waals surface area contributed by atoms with Crippen LogP contribution in [0.5, 0.6) is 0 Å². The second-order valence-electron chi connectivity index (χ2n) is 7.78. The van der Waals surface area contributed by atoms with Crippen LogP contribution in [0.1, 0.15) is 96.8 Å². The average molecular weight is 354 g/mol. The molecule has 0 unspecified atom stereocenters. The first-order valence-electron chi connectivity index (χ1n) is 11.1. The van der Waals surface area contributed by atoms with Gasteiger partial charge in [-0.25, -0.2) is 0 Å². The summed E-state index contributed by atoms with van der Waals surface area (Å²) in [7, 11) is 0. The highest BCUT2D eigenvalue weighted by atomic mass is 16.6. The van der Waals surface area contributed by atoms with Gasteiger partial charge in [0.15, 0.2) is 0 Å². The molecule has 0 saturated carbocycles. The Hall–Kier alpha value is -0.380. The SMILES string of the molecule is CCCCCCCC/C=C\CCCCCCCC[N+]1([O-])CCOCC1. The van der Waals surface area contributed by atoms with E-state index in [2.05, 4.69) is 19.1 Å². The largest absolute Gasteiger partial charge is 0.633 e. The van der Waals surface area contributed by atoms with Crippen molar-refractivity contribution in [2.75, 3.05) is 32.8 Å². The molecule has 0 aromatic carbocycles. The van der Waals surface area contributed by atoms with Crippen molar-refractivity contribution in [3.05, 3.63) is 17.4 Å². The number of hydroxylamine groups is 3. The van der Waals surface area contributed by atoms with Crippen LogP contribution in [0.2, 0.25) is 0 Å². The van der Waals surface area contributed by atoms with E-state index in [9.17, 15) is 5.21 Å². The summed E-state index contributed by atoms with van der Waals surface area (Å²) in [6.45, 7) is 5.68. The van der Waals surface area contributed by atoms with Gasteiger partial charge in [-0.3, -0.25) is 0 Å². The highest BCUT2D eigenvalue weighted by molar-refractivity contribution is 4.81. The maximum Gasteiger partial charge on any atom is 0.102 e. The lowest BCUT2D eigenvalue weighted by Gasteiger charge is -2.45. The van der Waals surface area contributed by atoms with Gasteiger partial charge in [-0.15, -0.1) is 0 Å². The lowest BCUT2D eigenvalue weighted by molar-refractivity contribution is -0.888. The second-order valence-corrected chi connectivity index (χ2v) is 7.78. The molecule has 0 radical (unpaired) electrons. The third-order valence-electron chi connectivity index (χ3n) is 5.36. The molecule has 3 heteroatoms. The first kappa shape index (κ1) is 22.7. The van der Waals surface area contributed by atoms with Crippen LogP contribution < -0.4 is 0 Å². The molecule has 0 aromatic rings. The zero-order chi connectivity index (χ0) is 18.1. The number of rotatable bonds is 16. The van der Waals surface area contributed by atoms with Crippen LogP contribution in [0, 0.1) is 5.21 Å². The molecule has 0 amide bonds. The van der Waals surface area contributed by atoms with E-state index in [1.54, 1.807) is 0 Å². The number of hydrogen-bond donors (Lipinski definition) is 0. The van der Waals surface area contributed by atoms with E-state index in [1.807, 2.05) is 0 Å². The van der Waals surface area contributed by atoms with Crippen molar-refractivity contribution in [1.29, 1.82) is 0 Å². The highest BCUT2D eigenvalue weighted by Crippen LogP contribution is 2.14. The number of ether oxygens (including phenoxy) is 1. The summed E-state index contributed by atoms with van der Waals surface area (Å²) >= 11 is 0. The van der Waals surface area contributed by atoms with Crippen LogP contribution >= 0.6 is 0 Å². The fourth-order valence-corrected chi connectivity index (χ4v) is 3.55. The van der Waals surface area contributed by atoms with E-state index in [0.717, 1.165) is 13.0 Å². The first-order chi connectivity index (χ1) is 12.3. The number of unbranched alkanes of at least 4 members (excludes halogenated alkanes) is 12. The molecule has 1 rings (SSSR count). The molecule has 1 fully saturated rings. The summed E-state index contributed by atoms with van der Waals surface area (Å²) < 4.78 is 5.27. The van der Waals surface area contributed by atoms with Gasteiger partial charge in [-0.1, -0.05) is 70.4 Å². The van der Waals surface area contributed by atoms with Gasteiger partial charge in [-0.2, -0.15) is 0 Å². The third kappa shape index (κ3) is 13.5. The Kier molecular flexibility index (Phi) is 14.4. The fraction of sp³-hybridized carbons (Fsp3) is 0.909. The van der Waals surface area contributed by atoms with E-state index in [-0.39, 0.29) is 4.65 Å². The van der Waals surface area contributed by atoms with Crippen LogP contribution in [0.4, 0.5) is 0 Å². The predicted octanol–water partition coefficient (Wildman–Crippen LogP) is 6.37. The first-order valence-corrected chi connectivity index (χ1v) is 11.1. The Morgan fingerprint density at radius 1 is 0.720 bits per heavy atom. The van der Waals surface area contributed by atoms with Gasteiger partial charge in [0, 0.05) is 0 Å². The number of nitrogens with zero attached hydrogens (tertiary/aromatic N) is 1. The summed E-state index contributed by atoms with van der Waals surface area (Å²) in [5, 5.41) is 12.3. The Morgan fingerprint density at radius 3 is 1.76 bits per heavy atom. The van der Waals surface area contributed by atoms with Gasteiger partial charge in [-0.05, 0) is 38.5 Å². The molecule has 25 heavy (non-hydrogen) atoms. The minimum atomic E-state index is -0.0105. The molecule has 1 heterocycles. The average Bonchev–Trinajstić information content (AvgIpc) is 2.62. The summed E-state index contributed by atoms with van der Waals surface area (Å²) in [6, 6.07) is 0. The molecule has 1 aliphatic heterocycles. The zero-order valence-electron chi connectivity index (χ0n) is 16.9. The van der Waals surface area contributed by atoms with Crippen LogP contribution in [0.3, 0.4) is 0 Å². The molecular formula is C22H43NO2. The summed E-state index contributed by atoms with van der Waals surface area (Å²) in [5.74, 6) is 0. The van der Waals surface area contributed by atoms with E-state index >= 15 is 0 Å². The number of hydrogen-bond acceptors (Lipinski definition) is 2. The van der Waals surface area contributed by atoms with Gasteiger partial charge in [0.25, 0.3) is 0 Å². The van der Waals surface area contributed by atoms with E-state index in [1.165, 1.54) is 83.5 Å². The van der Waals surface area contributed by atoms with Gasteiger partial charge in [0.2, 0.25) is 0 Å². The molecule has 1 aliphatic rings. The quantitative estimate of drug-likeness (QED) is 0.140. The van der Waals surface area contributed by atoms with Crippen molar-refractivity contribution in [2.45, 2.75) is 96.8 Å². The lowest BCUT2D eigenvalue weighted by Crippen LogP contribution is -2.50. The summed E-state index contributed by atoms with van der Waals surface area (Å²) in [6.07, 6.45) is 23.2. The molecule has 1 saturated heterocycles. The Balaban J connectivity index is 1.77. The minimum Gasteiger partial charge on any atom is -0.633 e. The Morgan fingerprint density at radius 2 is 1.20 bits per heavy atom. The van der Waals surface area contributed by atoms with E-state index < -0.39 is 0 Å². The van der Waals surface area contributed by atoms with Crippen LogP contribution in [-0.4, -0.2) is 37.5 Å². The van der Waals surface area contributed by atoms with Crippen molar-refractivity contribution in [3.8, 4) is 0 Å². The normalized spacial score (nSPS) is 17.4. The topological polar surface area (TPSA) is 32.3 Å². The number of morpholine rings is 1. The fourth-order valence-electron chi connectivity index (χ4n) is 3.55. The molecular weight excluding hydrogens is 310 g/mol. The molecule has 3 nitrogen and oxygen atoms in total. The van der Waals surface area contributed by atoms with Gasteiger partial charge in [0.05, 0.1) is 19.8 Å². The molecule has 148 valence electrons. The van der Waals surface area contributed by atoms with Gasteiger partial charge in [0.1, 0.15) is 13.1 Å². The molecule has 0 spiro atoms. The minimum absolute atomic E-state index is 0.0105. The Bertz CT molecular complexity index is 311. The number of quaternary nitrogens is 1. The molecule has 0 aliphatic carbocycles. The van der Waals surface area contributed by atoms with Crippen LogP contribution in [0.25, 0.3) is 0 Å². The zero-order valence-corrected chi connectivity index (χ0v) is 16.9. The predicted molar refractivity (Wildman–Crippen MR) is 108 cm³/mol. The lowest BCUT2D eigenvalue weighted by atomic mass is 10.1. The van der Waals surface area contributed by atoms with Crippen molar-refractivity contribution < 1.29 is 9.38 Å². The molecule has 0 bridgehead atoms.